The summed E-state index contributed by atoms with van der Waals surface area (Å²) >= 11 is 0. The van der Waals surface area contributed by atoms with Gasteiger partial charge in [-0.25, -0.2) is 0 Å². The van der Waals surface area contributed by atoms with Gasteiger partial charge >= 0.3 is 6.18 Å². The Bertz CT molecular complexity index is 861. The molecule has 1 heterocycles. The molecule has 0 aliphatic carbocycles. The molecule has 0 aliphatic heterocycles. The number of rotatable bonds is 9. The summed E-state index contributed by atoms with van der Waals surface area (Å²) in [5.74, 6) is -0.323. The lowest BCUT2D eigenvalue weighted by Crippen LogP contribution is -2.36. The summed E-state index contributed by atoms with van der Waals surface area (Å²) < 4.78 is 40.4. The zero-order chi connectivity index (χ0) is 20.7. The van der Waals surface area contributed by atoms with Crippen LogP contribution >= 0.6 is 8.58 Å². The van der Waals surface area contributed by atoms with E-state index in [1.54, 1.807) is 17.8 Å². The van der Waals surface area contributed by atoms with Crippen molar-refractivity contribution in [1.29, 1.82) is 0 Å². The number of nitrogens with one attached hydrogen (secondary N) is 1. The molecule has 0 saturated heterocycles. The molecular formula is C19H24F3N4OP. The summed E-state index contributed by atoms with van der Waals surface area (Å²) in [4.78, 5) is 12.8. The van der Waals surface area contributed by atoms with Crippen LogP contribution in [0.3, 0.4) is 0 Å². The monoisotopic (exact) mass is 412 g/mol. The van der Waals surface area contributed by atoms with Crippen molar-refractivity contribution >= 4 is 38.3 Å². The fraction of sp³-hybridized carbons (Fsp3) is 0.421. The van der Waals surface area contributed by atoms with Crippen molar-refractivity contribution in [2.45, 2.75) is 31.5 Å². The van der Waals surface area contributed by atoms with Gasteiger partial charge in [0.2, 0.25) is 0 Å². The van der Waals surface area contributed by atoms with E-state index in [4.69, 9.17) is 0 Å². The number of aromatic nitrogens is 1. The lowest BCUT2D eigenvalue weighted by Gasteiger charge is -2.17. The second-order valence-corrected chi connectivity index (χ2v) is 7.66. The highest BCUT2D eigenvalue weighted by molar-refractivity contribution is 7.36. The highest BCUT2D eigenvalue weighted by Gasteiger charge is 2.31. The predicted octanol–water partition coefficient (Wildman–Crippen LogP) is 4.46. The van der Waals surface area contributed by atoms with Crippen molar-refractivity contribution in [3.63, 3.8) is 0 Å². The van der Waals surface area contributed by atoms with Crippen LogP contribution in [0.4, 0.5) is 13.2 Å². The van der Waals surface area contributed by atoms with E-state index < -0.39 is 11.7 Å². The van der Waals surface area contributed by atoms with E-state index in [1.807, 2.05) is 0 Å². The van der Waals surface area contributed by atoms with Crippen LogP contribution in [0.25, 0.3) is 10.9 Å². The molecule has 1 N–H and O–H groups in total. The Morgan fingerprint density at radius 3 is 2.79 bits per heavy atom. The Morgan fingerprint density at radius 2 is 2.14 bits per heavy atom. The molecule has 1 aromatic carbocycles. The topological polar surface area (TPSA) is 58.8 Å². The Hall–Kier alpha value is -2.21. The molecule has 152 valence electrons. The average Bonchev–Trinajstić information content (AvgIpc) is 2.97. The van der Waals surface area contributed by atoms with Crippen LogP contribution in [0.15, 0.2) is 34.5 Å². The normalized spacial score (nSPS) is 13.6. The number of hydrogen-bond acceptors (Lipinski definition) is 3. The number of nitrogens with zero attached hydrogens (tertiary/aromatic N) is 3. The van der Waals surface area contributed by atoms with E-state index in [2.05, 4.69) is 28.9 Å². The van der Waals surface area contributed by atoms with Crippen LogP contribution in [0.5, 0.6) is 0 Å². The quantitative estimate of drug-likeness (QED) is 0.281. The number of carbonyl (C=O) groups is 1. The van der Waals surface area contributed by atoms with Gasteiger partial charge in [0, 0.05) is 43.3 Å². The molecule has 28 heavy (non-hydrogen) atoms. The Morgan fingerprint density at radius 1 is 1.39 bits per heavy atom. The number of halogens is 3. The van der Waals surface area contributed by atoms with Gasteiger partial charge in [0.05, 0.1) is 5.56 Å². The maximum atomic E-state index is 12.9. The molecule has 0 aliphatic rings. The molecule has 2 rings (SSSR count). The molecule has 1 unspecified atom stereocenters. The van der Waals surface area contributed by atoms with Gasteiger partial charge in [-0.05, 0) is 49.9 Å². The highest BCUT2D eigenvalue weighted by Crippen LogP contribution is 2.32. The van der Waals surface area contributed by atoms with Crippen LogP contribution in [0.2, 0.25) is 0 Å². The van der Waals surface area contributed by atoms with E-state index in [-0.39, 0.29) is 11.9 Å². The van der Waals surface area contributed by atoms with Gasteiger partial charge in [-0.1, -0.05) is 0 Å². The van der Waals surface area contributed by atoms with Gasteiger partial charge in [-0.2, -0.15) is 23.4 Å². The second kappa shape index (κ2) is 9.82. The van der Waals surface area contributed by atoms with Crippen molar-refractivity contribution < 1.29 is 18.0 Å². The summed E-state index contributed by atoms with van der Waals surface area (Å²) in [6.07, 6.45) is 0.535. The number of alkyl halides is 3. The van der Waals surface area contributed by atoms with E-state index in [1.165, 1.54) is 12.1 Å². The van der Waals surface area contributed by atoms with Crippen molar-refractivity contribution in [2.24, 2.45) is 17.3 Å². The van der Waals surface area contributed by atoms with Gasteiger partial charge in [-0.15, -0.1) is 8.58 Å². The lowest BCUT2D eigenvalue weighted by atomic mass is 10.1. The molecule has 0 radical (unpaired) electrons. The number of aryl methyl sites for hydroxylation is 1. The number of carbonyl (C=O) groups excluding carboxylic acids is 1. The number of fused-ring (bicyclic) bond motifs is 1. The van der Waals surface area contributed by atoms with Crippen molar-refractivity contribution in [1.82, 2.24) is 9.88 Å². The van der Waals surface area contributed by atoms with Crippen molar-refractivity contribution in [3.05, 3.63) is 35.5 Å². The van der Waals surface area contributed by atoms with Gasteiger partial charge < -0.3 is 9.88 Å². The summed E-state index contributed by atoms with van der Waals surface area (Å²) in [5, 5.41) is 10.5. The van der Waals surface area contributed by atoms with Gasteiger partial charge in [-0.3, -0.25) is 4.79 Å². The third-order valence-electron chi connectivity index (χ3n) is 4.47. The first-order chi connectivity index (χ1) is 13.3. The molecule has 2 aromatic rings. The molecule has 1 amide bonds. The Balaban J connectivity index is 2.22. The smallest absolute Gasteiger partial charge is 0.348 e. The zero-order valence-electron chi connectivity index (χ0n) is 15.9. The molecule has 0 bridgehead atoms. The maximum Gasteiger partial charge on any atom is 0.416 e. The Labute approximate surface area is 163 Å². The third-order valence-corrected chi connectivity index (χ3v) is 5.32. The minimum absolute atomic E-state index is 0.127. The SMILES string of the molecule is C=N/N=C/C[C@H](CCCPC)NC(=O)c1cc2cc(C(F)(F)F)ccc2n1C. The minimum atomic E-state index is -4.42. The number of amides is 1. The molecular weight excluding hydrogens is 388 g/mol. The fourth-order valence-corrected chi connectivity index (χ4v) is 3.57. The van der Waals surface area contributed by atoms with Crippen molar-refractivity contribution in [2.75, 3.05) is 12.8 Å². The van der Waals surface area contributed by atoms with E-state index in [9.17, 15) is 18.0 Å². The number of hydrogen-bond donors (Lipinski definition) is 1. The highest BCUT2D eigenvalue weighted by atomic mass is 31.1. The van der Waals surface area contributed by atoms with Gasteiger partial charge in [0.1, 0.15) is 5.69 Å². The minimum Gasteiger partial charge on any atom is -0.348 e. The average molecular weight is 412 g/mol. The first-order valence-corrected chi connectivity index (χ1v) is 10.6. The van der Waals surface area contributed by atoms with Crippen LogP contribution in [0.1, 0.15) is 35.3 Å². The molecule has 0 spiro atoms. The molecule has 1 aromatic heterocycles. The fourth-order valence-electron chi connectivity index (χ4n) is 3.01. The van der Waals surface area contributed by atoms with Crippen LogP contribution in [0, 0.1) is 0 Å². The first-order valence-electron chi connectivity index (χ1n) is 8.87. The zero-order valence-corrected chi connectivity index (χ0v) is 16.9. The van der Waals surface area contributed by atoms with Crippen molar-refractivity contribution in [3.8, 4) is 0 Å². The van der Waals surface area contributed by atoms with E-state index >= 15 is 0 Å². The maximum absolute atomic E-state index is 12.9. The van der Waals surface area contributed by atoms with Gasteiger partial charge in [0.25, 0.3) is 5.91 Å². The van der Waals surface area contributed by atoms with Crippen LogP contribution < -0.4 is 5.32 Å². The summed E-state index contributed by atoms with van der Waals surface area (Å²) in [6.45, 7) is 5.41. The van der Waals surface area contributed by atoms with E-state index in [0.29, 0.717) is 23.0 Å². The molecule has 2 atom stereocenters. The van der Waals surface area contributed by atoms with Crippen LogP contribution in [-0.4, -0.2) is 42.3 Å². The summed E-state index contributed by atoms with van der Waals surface area (Å²) in [7, 11) is 2.51. The molecule has 0 fully saturated rings. The largest absolute Gasteiger partial charge is 0.416 e. The third kappa shape index (κ3) is 5.64. The molecule has 5 nitrogen and oxygen atoms in total. The molecule has 9 heteroatoms. The second-order valence-electron chi connectivity index (χ2n) is 6.45. The van der Waals surface area contributed by atoms with Gasteiger partial charge in [0.15, 0.2) is 0 Å². The molecule has 0 saturated carbocycles. The predicted molar refractivity (Wildman–Crippen MR) is 110 cm³/mol. The van der Waals surface area contributed by atoms with Crippen LogP contribution in [-0.2, 0) is 13.2 Å². The first kappa shape index (κ1) is 22.1. The Kier molecular flexibility index (Phi) is 7.75. The lowest BCUT2D eigenvalue weighted by molar-refractivity contribution is -0.137. The van der Waals surface area contributed by atoms with E-state index in [0.717, 1.165) is 39.7 Å². The summed E-state index contributed by atoms with van der Waals surface area (Å²) in [5.41, 5.74) is 0.152. The number of benzene rings is 1. The standard InChI is InChI=1S/C19H24F3N4OP/c1-23-24-9-8-15(5-4-10-28-3)25-18(27)17-12-13-11-14(19(20,21)22)6-7-16(13)26(17)2/h6-7,9,11-12,15,28H,1,4-5,8,10H2,2-3H3,(H,25,27)/b24-9+/t15-/m0/s1. The summed E-state index contributed by atoms with van der Waals surface area (Å²) in [6, 6.07) is 4.84.